The second-order valence-electron chi connectivity index (χ2n) is 4.44. The molecule has 0 radical (unpaired) electrons. The first-order valence-corrected chi connectivity index (χ1v) is 7.65. The number of nitrogens with zero attached hydrogens (tertiary/aromatic N) is 1. The molecule has 1 heterocycles. The molecule has 2 aromatic rings. The molecule has 1 N–H and O–H groups in total. The van der Waals surface area contributed by atoms with Gasteiger partial charge >= 0.3 is 0 Å². The number of methoxy groups -OCH3 is 1. The predicted molar refractivity (Wildman–Crippen MR) is 76.0 cm³/mol. The van der Waals surface area contributed by atoms with Crippen molar-refractivity contribution in [2.24, 2.45) is 0 Å². The minimum atomic E-state index is -3.70. The predicted octanol–water partition coefficient (Wildman–Crippen LogP) is 2.02. The Morgan fingerprint density at radius 3 is 2.62 bits per heavy atom. The SMILES string of the molecule is COc1ccc(CNS(=O)(=O)c2ccc(F)cc2C)cn1. The normalized spacial score (nSPS) is 11.4. The van der Waals surface area contributed by atoms with Crippen molar-refractivity contribution in [2.45, 2.75) is 18.4 Å². The van der Waals surface area contributed by atoms with E-state index in [9.17, 15) is 12.8 Å². The van der Waals surface area contributed by atoms with Crippen molar-refractivity contribution in [3.63, 3.8) is 0 Å². The molecule has 0 saturated carbocycles. The number of ether oxygens (including phenoxy) is 1. The van der Waals surface area contributed by atoms with Crippen LogP contribution in [0.15, 0.2) is 41.4 Å². The third-order valence-corrected chi connectivity index (χ3v) is 4.46. The van der Waals surface area contributed by atoms with Crippen LogP contribution in [-0.2, 0) is 16.6 Å². The average Bonchev–Trinajstić information content (AvgIpc) is 2.45. The van der Waals surface area contributed by atoms with E-state index in [1.807, 2.05) is 0 Å². The summed E-state index contributed by atoms with van der Waals surface area (Å²) in [6.07, 6.45) is 1.53. The summed E-state index contributed by atoms with van der Waals surface area (Å²) in [5.41, 5.74) is 1.05. The summed E-state index contributed by atoms with van der Waals surface area (Å²) in [5, 5.41) is 0. The number of aryl methyl sites for hydroxylation is 1. The van der Waals surface area contributed by atoms with Crippen molar-refractivity contribution in [2.75, 3.05) is 7.11 Å². The van der Waals surface area contributed by atoms with E-state index < -0.39 is 15.8 Å². The monoisotopic (exact) mass is 310 g/mol. The van der Waals surface area contributed by atoms with Gasteiger partial charge in [-0.25, -0.2) is 22.5 Å². The molecule has 112 valence electrons. The highest BCUT2D eigenvalue weighted by Crippen LogP contribution is 2.16. The summed E-state index contributed by atoms with van der Waals surface area (Å²) >= 11 is 0. The van der Waals surface area contributed by atoms with Gasteiger partial charge in [0.05, 0.1) is 12.0 Å². The molecule has 0 aliphatic carbocycles. The van der Waals surface area contributed by atoms with E-state index in [0.717, 1.165) is 6.07 Å². The van der Waals surface area contributed by atoms with Gasteiger partial charge in [-0.2, -0.15) is 0 Å². The summed E-state index contributed by atoms with van der Waals surface area (Å²) in [7, 11) is -2.20. The van der Waals surface area contributed by atoms with Gasteiger partial charge in [-0.05, 0) is 36.2 Å². The lowest BCUT2D eigenvalue weighted by Crippen LogP contribution is -2.24. The first kappa shape index (κ1) is 15.4. The van der Waals surface area contributed by atoms with Gasteiger partial charge < -0.3 is 4.74 Å². The molecule has 0 unspecified atom stereocenters. The van der Waals surface area contributed by atoms with Gasteiger partial charge in [-0.1, -0.05) is 6.07 Å². The first-order chi connectivity index (χ1) is 9.92. The maximum absolute atomic E-state index is 13.0. The van der Waals surface area contributed by atoms with Gasteiger partial charge in [0.2, 0.25) is 15.9 Å². The standard InChI is InChI=1S/C14H15FN2O3S/c1-10-7-12(15)4-5-13(10)21(18,19)17-9-11-3-6-14(20-2)16-8-11/h3-8,17H,9H2,1-2H3. The molecule has 0 spiro atoms. The number of rotatable bonds is 5. The Morgan fingerprint density at radius 2 is 2.05 bits per heavy atom. The lowest BCUT2D eigenvalue weighted by atomic mass is 10.2. The largest absolute Gasteiger partial charge is 0.481 e. The Labute approximate surface area is 122 Å². The molecule has 0 saturated heterocycles. The molecule has 0 atom stereocenters. The van der Waals surface area contributed by atoms with Gasteiger partial charge in [0, 0.05) is 18.8 Å². The van der Waals surface area contributed by atoms with Crippen LogP contribution in [0.5, 0.6) is 5.88 Å². The Kier molecular flexibility index (Phi) is 4.54. The molecular formula is C14H15FN2O3S. The summed E-state index contributed by atoms with van der Waals surface area (Å²) in [6.45, 7) is 1.64. The summed E-state index contributed by atoms with van der Waals surface area (Å²) in [5.74, 6) is -0.0122. The molecule has 2 rings (SSSR count). The number of pyridine rings is 1. The number of hydrogen-bond acceptors (Lipinski definition) is 4. The summed E-state index contributed by atoms with van der Waals surface area (Å²) in [4.78, 5) is 4.05. The molecule has 1 aromatic heterocycles. The highest BCUT2D eigenvalue weighted by molar-refractivity contribution is 7.89. The maximum Gasteiger partial charge on any atom is 0.241 e. The van der Waals surface area contributed by atoms with Crippen LogP contribution >= 0.6 is 0 Å². The van der Waals surface area contributed by atoms with Crippen molar-refractivity contribution >= 4 is 10.0 Å². The highest BCUT2D eigenvalue weighted by Gasteiger charge is 2.16. The van der Waals surface area contributed by atoms with E-state index in [4.69, 9.17) is 4.74 Å². The van der Waals surface area contributed by atoms with E-state index in [1.165, 1.54) is 25.4 Å². The van der Waals surface area contributed by atoms with E-state index in [1.54, 1.807) is 19.1 Å². The van der Waals surface area contributed by atoms with Crippen molar-refractivity contribution in [3.8, 4) is 5.88 Å². The number of halogens is 1. The lowest BCUT2D eigenvalue weighted by molar-refractivity contribution is 0.397. The van der Waals surface area contributed by atoms with Crippen LogP contribution in [0.25, 0.3) is 0 Å². The molecule has 0 aliphatic heterocycles. The number of benzene rings is 1. The Hall–Kier alpha value is -1.99. The number of nitrogens with one attached hydrogen (secondary N) is 1. The summed E-state index contributed by atoms with van der Waals surface area (Å²) in [6, 6.07) is 6.91. The Morgan fingerprint density at radius 1 is 1.29 bits per heavy atom. The average molecular weight is 310 g/mol. The topological polar surface area (TPSA) is 68.3 Å². The smallest absolute Gasteiger partial charge is 0.241 e. The minimum absolute atomic E-state index is 0.0605. The van der Waals surface area contributed by atoms with Crippen LogP contribution in [0.4, 0.5) is 4.39 Å². The third kappa shape index (κ3) is 3.77. The molecule has 0 bridgehead atoms. The molecular weight excluding hydrogens is 295 g/mol. The molecule has 0 aliphatic rings. The fourth-order valence-electron chi connectivity index (χ4n) is 1.81. The molecule has 7 heteroatoms. The quantitative estimate of drug-likeness (QED) is 0.917. The zero-order chi connectivity index (χ0) is 15.5. The van der Waals surface area contributed by atoms with Gasteiger partial charge in [-0.3, -0.25) is 0 Å². The number of hydrogen-bond donors (Lipinski definition) is 1. The van der Waals surface area contributed by atoms with E-state index in [-0.39, 0.29) is 11.4 Å². The molecule has 5 nitrogen and oxygen atoms in total. The lowest BCUT2D eigenvalue weighted by Gasteiger charge is -2.09. The van der Waals surface area contributed by atoms with E-state index >= 15 is 0 Å². The molecule has 0 amide bonds. The first-order valence-electron chi connectivity index (χ1n) is 6.17. The molecule has 1 aromatic carbocycles. The van der Waals surface area contributed by atoms with Crippen LogP contribution < -0.4 is 9.46 Å². The maximum atomic E-state index is 13.0. The van der Waals surface area contributed by atoms with Crippen LogP contribution in [0.1, 0.15) is 11.1 Å². The second-order valence-corrected chi connectivity index (χ2v) is 6.18. The fourth-order valence-corrected chi connectivity index (χ4v) is 3.05. The molecule has 0 fully saturated rings. The van der Waals surface area contributed by atoms with Crippen molar-refractivity contribution in [1.82, 2.24) is 9.71 Å². The second kappa shape index (κ2) is 6.19. The van der Waals surface area contributed by atoms with Gasteiger partial charge in [0.1, 0.15) is 5.82 Å². The minimum Gasteiger partial charge on any atom is -0.481 e. The van der Waals surface area contributed by atoms with Crippen LogP contribution in [0.3, 0.4) is 0 Å². The van der Waals surface area contributed by atoms with Crippen LogP contribution in [0.2, 0.25) is 0 Å². The van der Waals surface area contributed by atoms with Crippen molar-refractivity contribution in [3.05, 3.63) is 53.5 Å². The third-order valence-electron chi connectivity index (χ3n) is 2.90. The van der Waals surface area contributed by atoms with Crippen LogP contribution in [0, 0.1) is 12.7 Å². The van der Waals surface area contributed by atoms with Gasteiger partial charge in [0.25, 0.3) is 0 Å². The zero-order valence-electron chi connectivity index (χ0n) is 11.6. The van der Waals surface area contributed by atoms with Gasteiger partial charge in [-0.15, -0.1) is 0 Å². The van der Waals surface area contributed by atoms with Gasteiger partial charge in [0.15, 0.2) is 0 Å². The number of aromatic nitrogens is 1. The van der Waals surface area contributed by atoms with E-state index in [2.05, 4.69) is 9.71 Å². The zero-order valence-corrected chi connectivity index (χ0v) is 12.4. The van der Waals surface area contributed by atoms with E-state index in [0.29, 0.717) is 17.0 Å². The Bertz CT molecular complexity index is 730. The van der Waals surface area contributed by atoms with Crippen molar-refractivity contribution in [1.29, 1.82) is 0 Å². The Balaban J connectivity index is 2.13. The number of sulfonamides is 1. The van der Waals surface area contributed by atoms with Crippen LogP contribution in [-0.4, -0.2) is 20.5 Å². The fraction of sp³-hybridized carbons (Fsp3) is 0.214. The molecule has 21 heavy (non-hydrogen) atoms. The van der Waals surface area contributed by atoms with Crippen molar-refractivity contribution < 1.29 is 17.5 Å². The summed E-state index contributed by atoms with van der Waals surface area (Å²) < 4.78 is 44.8. The highest BCUT2D eigenvalue weighted by atomic mass is 32.2.